The van der Waals surface area contributed by atoms with Crippen LogP contribution in [-0.2, 0) is 4.74 Å². The van der Waals surface area contributed by atoms with E-state index in [1.165, 1.54) is 0 Å². The maximum Gasteiger partial charge on any atom is 0.460 e. The number of alkyl halides is 15. The zero-order chi connectivity index (χ0) is 21.2. The van der Waals surface area contributed by atoms with Gasteiger partial charge in [-0.1, -0.05) is 0 Å². The van der Waals surface area contributed by atoms with E-state index in [-0.39, 0.29) is 0 Å². The SMILES string of the molecule is FC(F)(F)C(F)(F)C(F)(F)C(F)(F)C(F)(F)C(F)(F)C(F)(F)C[C@@H]1CO1. The Morgan fingerprint density at radius 2 is 0.846 bits per heavy atom. The lowest BCUT2D eigenvalue weighted by molar-refractivity contribution is -0.452. The van der Waals surface area contributed by atoms with Crippen LogP contribution in [0.2, 0.25) is 0 Å². The van der Waals surface area contributed by atoms with Gasteiger partial charge in [0.1, 0.15) is 0 Å². The second-order valence-electron chi connectivity index (χ2n) is 5.23. The predicted molar refractivity (Wildman–Crippen MR) is 50.1 cm³/mol. The summed E-state index contributed by atoms with van der Waals surface area (Å²) in [4.78, 5) is 0. The lowest BCUT2D eigenvalue weighted by Crippen LogP contribution is -2.72. The van der Waals surface area contributed by atoms with E-state index in [0.29, 0.717) is 0 Å². The van der Waals surface area contributed by atoms with Gasteiger partial charge in [0.05, 0.1) is 12.7 Å². The van der Waals surface area contributed by atoms with Crippen molar-refractivity contribution in [2.24, 2.45) is 0 Å². The zero-order valence-corrected chi connectivity index (χ0v) is 11.6. The van der Waals surface area contributed by atoms with Crippen molar-refractivity contribution in [1.82, 2.24) is 0 Å². The second kappa shape index (κ2) is 5.70. The van der Waals surface area contributed by atoms with Crippen molar-refractivity contribution in [2.75, 3.05) is 6.61 Å². The lowest BCUT2D eigenvalue weighted by atomic mass is 9.90. The Morgan fingerprint density at radius 3 is 1.15 bits per heavy atom. The fourth-order valence-electron chi connectivity index (χ4n) is 1.60. The molecule has 1 atom stereocenters. The summed E-state index contributed by atoms with van der Waals surface area (Å²) < 4.78 is 195. The molecule has 1 nitrogen and oxygen atoms in total. The number of hydrogen-bond donors (Lipinski definition) is 0. The van der Waals surface area contributed by atoms with Gasteiger partial charge < -0.3 is 4.74 Å². The number of rotatable bonds is 7. The molecule has 0 aromatic heterocycles. The van der Waals surface area contributed by atoms with Gasteiger partial charge in [-0.05, 0) is 0 Å². The summed E-state index contributed by atoms with van der Waals surface area (Å²) in [5.41, 5.74) is 0. The van der Waals surface area contributed by atoms with Crippen LogP contribution >= 0.6 is 0 Å². The van der Waals surface area contributed by atoms with Gasteiger partial charge in [0.2, 0.25) is 0 Å². The normalized spacial score (nSPS) is 21.1. The van der Waals surface area contributed by atoms with Crippen LogP contribution in [0.3, 0.4) is 0 Å². The van der Waals surface area contributed by atoms with Crippen LogP contribution in [0.25, 0.3) is 0 Å². The van der Waals surface area contributed by atoms with Crippen LogP contribution in [0.5, 0.6) is 0 Å². The summed E-state index contributed by atoms with van der Waals surface area (Å²) in [6.45, 7) is -0.712. The second-order valence-corrected chi connectivity index (χ2v) is 5.23. The van der Waals surface area contributed by atoms with Gasteiger partial charge in [0.15, 0.2) is 0 Å². The summed E-state index contributed by atoms with van der Waals surface area (Å²) in [5, 5.41) is 0. The minimum atomic E-state index is -8.23. The van der Waals surface area contributed by atoms with E-state index in [9.17, 15) is 65.9 Å². The first kappa shape index (κ1) is 23.0. The summed E-state index contributed by atoms with van der Waals surface area (Å²) >= 11 is 0. The molecule has 1 aliphatic heterocycles. The van der Waals surface area contributed by atoms with E-state index in [4.69, 9.17) is 0 Å². The van der Waals surface area contributed by atoms with Crippen molar-refractivity contribution < 1.29 is 70.6 Å². The monoisotopic (exact) mass is 426 g/mol. The summed E-state index contributed by atoms with van der Waals surface area (Å²) in [6, 6.07) is 0. The van der Waals surface area contributed by atoms with Crippen molar-refractivity contribution in [3.8, 4) is 0 Å². The van der Waals surface area contributed by atoms with Crippen molar-refractivity contribution in [3.63, 3.8) is 0 Å². The third-order valence-corrected chi connectivity index (χ3v) is 3.28. The fraction of sp³-hybridized carbons (Fsp3) is 1.00. The highest BCUT2D eigenvalue weighted by molar-refractivity contribution is 5.13. The van der Waals surface area contributed by atoms with E-state index in [1.807, 2.05) is 0 Å². The van der Waals surface area contributed by atoms with Crippen LogP contribution < -0.4 is 0 Å². The van der Waals surface area contributed by atoms with Gasteiger partial charge in [-0.15, -0.1) is 0 Å². The highest BCUT2D eigenvalue weighted by Gasteiger charge is 2.93. The third-order valence-electron chi connectivity index (χ3n) is 3.28. The first-order chi connectivity index (χ1) is 11.1. The Balaban J connectivity index is 3.42. The molecule has 0 saturated carbocycles. The van der Waals surface area contributed by atoms with E-state index in [2.05, 4.69) is 4.74 Å². The molecule has 0 bridgehead atoms. The molecule has 0 N–H and O–H groups in total. The Bertz CT molecular complexity index is 529. The fourth-order valence-corrected chi connectivity index (χ4v) is 1.60. The maximum absolute atomic E-state index is 13.2. The molecule has 26 heavy (non-hydrogen) atoms. The van der Waals surface area contributed by atoms with Gasteiger partial charge in [0, 0.05) is 6.42 Å². The largest absolute Gasteiger partial charge is 0.460 e. The van der Waals surface area contributed by atoms with Gasteiger partial charge >= 0.3 is 41.7 Å². The number of halogens is 15. The van der Waals surface area contributed by atoms with Crippen LogP contribution in [0.1, 0.15) is 6.42 Å². The van der Waals surface area contributed by atoms with Crippen molar-refractivity contribution in [3.05, 3.63) is 0 Å². The molecule has 0 aromatic carbocycles. The maximum atomic E-state index is 13.2. The van der Waals surface area contributed by atoms with Crippen LogP contribution in [0.15, 0.2) is 0 Å². The van der Waals surface area contributed by atoms with Gasteiger partial charge in [-0.2, -0.15) is 65.9 Å². The standard InChI is InChI=1S/C10H5F15O/c11-4(12,1-3-2-26-3)5(13,14)6(15,16)7(17,18)8(19,20)9(21,22)10(23,24)25/h3H,1-2H2/t3-/m1/s1. The Kier molecular flexibility index (Phi) is 5.03. The molecule has 0 amide bonds. The van der Waals surface area contributed by atoms with Crippen molar-refractivity contribution in [1.29, 1.82) is 0 Å². The summed E-state index contributed by atoms with van der Waals surface area (Å²) in [5.74, 6) is -46.0. The quantitative estimate of drug-likeness (QED) is 0.406. The smallest absolute Gasteiger partial charge is 0.373 e. The average Bonchev–Trinajstić information content (AvgIpc) is 3.19. The zero-order valence-electron chi connectivity index (χ0n) is 11.6. The summed E-state index contributed by atoms with van der Waals surface area (Å²) in [6.07, 6.45) is -11.8. The summed E-state index contributed by atoms with van der Waals surface area (Å²) in [7, 11) is 0. The van der Waals surface area contributed by atoms with Crippen molar-refractivity contribution >= 4 is 0 Å². The minimum absolute atomic E-state index is 0.712. The molecule has 16 heteroatoms. The van der Waals surface area contributed by atoms with E-state index < -0.39 is 60.8 Å². The van der Waals surface area contributed by atoms with E-state index in [1.54, 1.807) is 0 Å². The van der Waals surface area contributed by atoms with E-state index >= 15 is 0 Å². The van der Waals surface area contributed by atoms with Crippen LogP contribution in [0.4, 0.5) is 65.9 Å². The molecule has 156 valence electrons. The van der Waals surface area contributed by atoms with Gasteiger partial charge in [-0.3, -0.25) is 0 Å². The molecule has 1 aliphatic rings. The molecule has 1 fully saturated rings. The molecular formula is C10H5F15O. The molecular weight excluding hydrogens is 421 g/mol. The topological polar surface area (TPSA) is 12.5 Å². The molecule has 0 unspecified atom stereocenters. The lowest BCUT2D eigenvalue weighted by Gasteiger charge is -2.41. The third kappa shape index (κ3) is 2.96. The molecule has 0 radical (unpaired) electrons. The molecule has 0 spiro atoms. The molecule has 0 aromatic rings. The highest BCUT2D eigenvalue weighted by Crippen LogP contribution is 2.62. The number of ether oxygens (including phenoxy) is 1. The first-order valence-electron chi connectivity index (χ1n) is 6.03. The Morgan fingerprint density at radius 1 is 0.538 bits per heavy atom. The molecule has 0 aliphatic carbocycles. The van der Waals surface area contributed by atoms with Gasteiger partial charge in [0.25, 0.3) is 0 Å². The predicted octanol–water partition coefficient (Wildman–Crippen LogP) is 5.15. The molecule has 1 heterocycles. The Hall–Kier alpha value is -1.09. The van der Waals surface area contributed by atoms with Gasteiger partial charge in [-0.25, -0.2) is 0 Å². The van der Waals surface area contributed by atoms with Crippen molar-refractivity contribution in [2.45, 2.75) is 54.2 Å². The first-order valence-corrected chi connectivity index (χ1v) is 6.03. The number of hydrogen-bond acceptors (Lipinski definition) is 1. The Labute approximate surface area is 133 Å². The van der Waals surface area contributed by atoms with Crippen LogP contribution in [0, 0.1) is 0 Å². The minimum Gasteiger partial charge on any atom is -0.373 e. The molecule has 1 rings (SSSR count). The number of epoxide rings is 1. The van der Waals surface area contributed by atoms with Crippen LogP contribution in [-0.4, -0.2) is 54.4 Å². The molecule has 1 saturated heterocycles. The average molecular weight is 426 g/mol. The highest BCUT2D eigenvalue weighted by atomic mass is 19.4. The van der Waals surface area contributed by atoms with E-state index in [0.717, 1.165) is 0 Å².